The van der Waals surface area contributed by atoms with Gasteiger partial charge in [0.15, 0.2) is 9.84 Å². The van der Waals surface area contributed by atoms with Gasteiger partial charge in [0.2, 0.25) is 5.67 Å². The minimum absolute atomic E-state index is 0.00383. The van der Waals surface area contributed by atoms with Crippen LogP contribution in [-0.4, -0.2) is 61.5 Å². The van der Waals surface area contributed by atoms with Gasteiger partial charge in [0.25, 0.3) is 0 Å². The van der Waals surface area contributed by atoms with E-state index < -0.39 is 68.2 Å². The van der Waals surface area contributed by atoms with E-state index in [4.69, 9.17) is 0 Å². The lowest BCUT2D eigenvalue weighted by atomic mass is 9.77. The van der Waals surface area contributed by atoms with Crippen LogP contribution in [0.2, 0.25) is 0 Å². The average molecular weight is 593 g/mol. The van der Waals surface area contributed by atoms with Gasteiger partial charge in [0, 0.05) is 6.54 Å². The molecule has 4 rings (SSSR count). The topological polar surface area (TPSA) is 86.7 Å². The molecular formula is C27H30F6N2O4S. The molecule has 0 saturated carbocycles. The van der Waals surface area contributed by atoms with Crippen molar-refractivity contribution in [1.82, 2.24) is 10.2 Å². The standard InChI is InChI=1S/C27H30F6N2O4S/c1-24(2,37)21(29)15-34-23(36)35-13-12-26(40(38,39)19-8-6-18(28)7-9-19)20-10-5-17(25(3,30)27(31,32)33)14-16(20)4-11-22(26)35/h5-10,14,21-22,37H,4,11-13,15H2,1-3H3,(H,34,36)/t21-,22-,25?,26-/m1/s1. The molecule has 6 nitrogen and oxygen atoms in total. The first-order chi connectivity index (χ1) is 18.3. The molecule has 2 aliphatic rings. The van der Waals surface area contributed by atoms with E-state index in [1.54, 1.807) is 0 Å². The number of aliphatic hydroxyl groups is 1. The summed E-state index contributed by atoms with van der Waals surface area (Å²) < 4.78 is 110. The van der Waals surface area contributed by atoms with Gasteiger partial charge in [-0.05, 0) is 81.0 Å². The number of likely N-dealkylation sites (tertiary alicyclic amines) is 1. The van der Waals surface area contributed by atoms with Crippen molar-refractivity contribution >= 4 is 15.9 Å². The molecular weight excluding hydrogens is 562 g/mol. The first kappa shape index (κ1) is 30.2. The predicted molar refractivity (Wildman–Crippen MR) is 134 cm³/mol. The first-order valence-electron chi connectivity index (χ1n) is 12.6. The molecule has 1 fully saturated rings. The van der Waals surface area contributed by atoms with Crippen LogP contribution in [0.3, 0.4) is 0 Å². The zero-order valence-electron chi connectivity index (χ0n) is 22.0. The number of carbonyl (C=O) groups is 1. The molecule has 0 radical (unpaired) electrons. The van der Waals surface area contributed by atoms with Crippen molar-refractivity contribution in [2.24, 2.45) is 0 Å². The minimum atomic E-state index is -5.21. The van der Waals surface area contributed by atoms with Gasteiger partial charge in [-0.2, -0.15) is 13.2 Å². The maximum absolute atomic E-state index is 14.8. The number of urea groups is 1. The Bertz CT molecular complexity index is 1390. The fraction of sp³-hybridized carbons (Fsp3) is 0.519. The van der Waals surface area contributed by atoms with Crippen molar-refractivity contribution in [3.05, 3.63) is 65.0 Å². The summed E-state index contributed by atoms with van der Waals surface area (Å²) in [7, 11) is -4.41. The van der Waals surface area contributed by atoms with Crippen LogP contribution in [-0.2, 0) is 26.7 Å². The highest BCUT2D eigenvalue weighted by atomic mass is 32.2. The number of aryl methyl sites for hydroxylation is 1. The van der Waals surface area contributed by atoms with Gasteiger partial charge in [-0.15, -0.1) is 0 Å². The molecule has 0 aromatic heterocycles. The maximum Gasteiger partial charge on any atom is 0.426 e. The van der Waals surface area contributed by atoms with E-state index in [9.17, 15) is 44.7 Å². The molecule has 40 heavy (non-hydrogen) atoms. The SMILES string of the molecule is CC(C)(O)[C@H](F)CNC(=O)N1CC[C@@]2(S(=O)(=O)c3ccc(F)cc3)c3ccc(C(C)(F)C(F)(F)F)cc3CC[C@@H]12. The Kier molecular flexibility index (Phi) is 7.49. The van der Waals surface area contributed by atoms with Crippen molar-refractivity contribution in [1.29, 1.82) is 0 Å². The number of nitrogens with one attached hydrogen (secondary N) is 1. The molecule has 220 valence electrons. The number of nitrogens with zero attached hydrogens (tertiary/aromatic N) is 1. The molecule has 2 amide bonds. The molecule has 1 heterocycles. The van der Waals surface area contributed by atoms with Crippen molar-refractivity contribution < 1.29 is 44.7 Å². The van der Waals surface area contributed by atoms with E-state index >= 15 is 0 Å². The van der Waals surface area contributed by atoms with Gasteiger partial charge < -0.3 is 15.3 Å². The predicted octanol–water partition coefficient (Wildman–Crippen LogP) is 5.08. The quantitative estimate of drug-likeness (QED) is 0.362. The van der Waals surface area contributed by atoms with E-state index in [2.05, 4.69) is 5.32 Å². The Balaban J connectivity index is 1.81. The third kappa shape index (κ3) is 4.84. The Morgan fingerprint density at radius 3 is 2.33 bits per heavy atom. The molecule has 0 bridgehead atoms. The van der Waals surface area contributed by atoms with Crippen molar-refractivity contribution in [3.8, 4) is 0 Å². The lowest BCUT2D eigenvalue weighted by Gasteiger charge is -2.43. The smallest absolute Gasteiger partial charge is 0.387 e. The number of hydrogen-bond acceptors (Lipinski definition) is 4. The number of carbonyl (C=O) groups excluding carboxylic acids is 1. The Morgan fingerprint density at radius 1 is 1.12 bits per heavy atom. The number of hydrogen-bond donors (Lipinski definition) is 2. The zero-order chi connectivity index (χ0) is 29.9. The van der Waals surface area contributed by atoms with Crippen molar-refractivity contribution in [2.45, 2.75) is 79.3 Å². The summed E-state index contributed by atoms with van der Waals surface area (Å²) >= 11 is 0. The van der Waals surface area contributed by atoms with Gasteiger partial charge in [-0.1, -0.05) is 18.2 Å². The Morgan fingerprint density at radius 2 is 1.75 bits per heavy atom. The first-order valence-corrected chi connectivity index (χ1v) is 14.1. The molecule has 2 N–H and O–H groups in total. The molecule has 1 unspecified atom stereocenters. The van der Waals surface area contributed by atoms with Gasteiger partial charge in [0.05, 0.1) is 23.1 Å². The lowest BCUT2D eigenvalue weighted by Crippen LogP contribution is -2.55. The second kappa shape index (κ2) is 9.93. The summed E-state index contributed by atoms with van der Waals surface area (Å²) in [6.45, 7) is 2.20. The van der Waals surface area contributed by atoms with Gasteiger partial charge in [0.1, 0.15) is 16.7 Å². The normalized spacial score (nSPS) is 23.6. The van der Waals surface area contributed by atoms with Crippen LogP contribution in [0, 0.1) is 5.82 Å². The highest BCUT2D eigenvalue weighted by molar-refractivity contribution is 7.92. The largest absolute Gasteiger partial charge is 0.426 e. The summed E-state index contributed by atoms with van der Waals surface area (Å²) in [5.41, 5.74) is -5.78. The van der Waals surface area contributed by atoms with Gasteiger partial charge in [-0.3, -0.25) is 0 Å². The van der Waals surface area contributed by atoms with Crippen LogP contribution in [0.5, 0.6) is 0 Å². The summed E-state index contributed by atoms with van der Waals surface area (Å²) in [6.07, 6.45) is -7.14. The van der Waals surface area contributed by atoms with Crippen LogP contribution < -0.4 is 5.32 Å². The van der Waals surface area contributed by atoms with Crippen molar-refractivity contribution in [3.63, 3.8) is 0 Å². The number of amides is 2. The maximum atomic E-state index is 14.8. The van der Waals surface area contributed by atoms with Crippen LogP contribution in [0.1, 0.15) is 50.3 Å². The lowest BCUT2D eigenvalue weighted by molar-refractivity contribution is -0.228. The summed E-state index contributed by atoms with van der Waals surface area (Å²) in [5.74, 6) is -0.684. The zero-order valence-corrected chi connectivity index (χ0v) is 22.8. The molecule has 1 saturated heterocycles. The number of halogens is 6. The van der Waals surface area contributed by atoms with Gasteiger partial charge in [-0.25, -0.2) is 26.4 Å². The number of rotatable bonds is 6. The van der Waals surface area contributed by atoms with E-state index in [1.165, 1.54) is 18.7 Å². The Labute approximate surface area is 228 Å². The number of alkyl halides is 5. The van der Waals surface area contributed by atoms with E-state index in [0.29, 0.717) is 6.92 Å². The molecule has 1 aliphatic heterocycles. The third-order valence-electron chi connectivity index (χ3n) is 8.02. The summed E-state index contributed by atoms with van der Waals surface area (Å²) in [4.78, 5) is 14.1. The van der Waals surface area contributed by atoms with E-state index in [-0.39, 0.29) is 41.8 Å². The average Bonchev–Trinajstić information content (AvgIpc) is 3.27. The second-order valence-corrected chi connectivity index (χ2v) is 13.2. The molecule has 13 heteroatoms. The molecule has 1 aliphatic carbocycles. The monoisotopic (exact) mass is 592 g/mol. The van der Waals surface area contributed by atoms with E-state index in [1.807, 2.05) is 0 Å². The molecule has 4 atom stereocenters. The highest BCUT2D eigenvalue weighted by Gasteiger charge is 2.61. The fourth-order valence-electron chi connectivity index (χ4n) is 5.58. The number of benzene rings is 2. The molecule has 2 aromatic carbocycles. The van der Waals surface area contributed by atoms with E-state index in [0.717, 1.165) is 42.5 Å². The molecule has 0 spiro atoms. The number of fused-ring (bicyclic) bond motifs is 3. The van der Waals surface area contributed by atoms with Crippen LogP contribution >= 0.6 is 0 Å². The van der Waals surface area contributed by atoms with Crippen molar-refractivity contribution in [2.75, 3.05) is 13.1 Å². The van der Waals surface area contributed by atoms with Crippen LogP contribution in [0.15, 0.2) is 47.4 Å². The van der Waals surface area contributed by atoms with Crippen LogP contribution in [0.4, 0.5) is 31.1 Å². The minimum Gasteiger partial charge on any atom is -0.387 e. The summed E-state index contributed by atoms with van der Waals surface area (Å²) in [5, 5.41) is 12.2. The third-order valence-corrected chi connectivity index (χ3v) is 10.6. The molecule has 2 aromatic rings. The Hall–Kier alpha value is -2.80. The number of sulfone groups is 1. The fourth-order valence-corrected chi connectivity index (χ4v) is 7.95. The highest BCUT2D eigenvalue weighted by Crippen LogP contribution is 2.54. The van der Waals surface area contributed by atoms with Crippen LogP contribution in [0.25, 0.3) is 0 Å². The second-order valence-electron chi connectivity index (χ2n) is 11.0. The van der Waals surface area contributed by atoms with Gasteiger partial charge >= 0.3 is 12.2 Å². The summed E-state index contributed by atoms with van der Waals surface area (Å²) in [6, 6.07) is 5.34.